The van der Waals surface area contributed by atoms with Crippen LogP contribution in [0, 0.1) is 11.8 Å². The van der Waals surface area contributed by atoms with Crippen molar-refractivity contribution in [3.05, 3.63) is 0 Å². The highest BCUT2D eigenvalue weighted by Gasteiger charge is 2.28. The normalized spacial score (nSPS) is 26.7. The molecule has 1 aliphatic heterocycles. The van der Waals surface area contributed by atoms with E-state index in [-0.39, 0.29) is 5.91 Å². The summed E-state index contributed by atoms with van der Waals surface area (Å²) in [6.45, 7) is 10.5. The summed E-state index contributed by atoms with van der Waals surface area (Å²) < 4.78 is 7.50. The number of thioether (sulfide) groups is 1. The molecular weight excluding hydrogens is 350 g/mol. The molecule has 8 heteroatoms. The lowest BCUT2D eigenvalue weighted by Gasteiger charge is -2.34. The molecule has 2 aliphatic rings. The van der Waals surface area contributed by atoms with E-state index in [9.17, 15) is 4.79 Å². The van der Waals surface area contributed by atoms with Crippen molar-refractivity contribution in [2.45, 2.75) is 57.8 Å². The zero-order valence-electron chi connectivity index (χ0n) is 16.1. The minimum absolute atomic E-state index is 0.0968. The predicted octanol–water partition coefficient (Wildman–Crippen LogP) is 2.17. The largest absolute Gasteiger partial charge is 0.378 e. The molecule has 0 unspecified atom stereocenters. The zero-order chi connectivity index (χ0) is 18.5. The van der Waals surface area contributed by atoms with E-state index in [1.54, 1.807) is 0 Å². The van der Waals surface area contributed by atoms with Crippen molar-refractivity contribution in [1.29, 1.82) is 0 Å². The number of hydrogen-bond acceptors (Lipinski definition) is 6. The van der Waals surface area contributed by atoms with E-state index < -0.39 is 0 Å². The van der Waals surface area contributed by atoms with Crippen LogP contribution < -0.4 is 10.2 Å². The van der Waals surface area contributed by atoms with Gasteiger partial charge in [-0.15, -0.1) is 10.2 Å². The maximum absolute atomic E-state index is 12.4. The molecule has 2 fully saturated rings. The maximum atomic E-state index is 12.4. The summed E-state index contributed by atoms with van der Waals surface area (Å²) in [6, 6.07) is 0.305. The second-order valence-corrected chi connectivity index (χ2v) is 8.30. The Morgan fingerprint density at radius 2 is 2.04 bits per heavy atom. The highest BCUT2D eigenvalue weighted by molar-refractivity contribution is 7.99. The fourth-order valence-corrected chi connectivity index (χ4v) is 4.63. The van der Waals surface area contributed by atoms with Gasteiger partial charge in [-0.3, -0.25) is 9.36 Å². The van der Waals surface area contributed by atoms with Gasteiger partial charge in [-0.1, -0.05) is 38.5 Å². The quantitative estimate of drug-likeness (QED) is 0.762. The molecule has 1 saturated carbocycles. The van der Waals surface area contributed by atoms with Crippen LogP contribution in [0.3, 0.4) is 0 Å². The van der Waals surface area contributed by atoms with Crippen molar-refractivity contribution in [3.63, 3.8) is 0 Å². The summed E-state index contributed by atoms with van der Waals surface area (Å²) in [7, 11) is 0. The molecule has 0 aromatic carbocycles. The number of nitrogens with one attached hydrogen (secondary N) is 1. The molecule has 0 spiro atoms. The second kappa shape index (κ2) is 9.08. The lowest BCUT2D eigenvalue weighted by Crippen LogP contribution is -2.44. The van der Waals surface area contributed by atoms with Crippen molar-refractivity contribution in [3.8, 4) is 0 Å². The Balaban J connectivity index is 1.55. The molecule has 146 valence electrons. The number of morpholine rings is 1. The van der Waals surface area contributed by atoms with Gasteiger partial charge in [0.2, 0.25) is 11.9 Å². The van der Waals surface area contributed by atoms with E-state index >= 15 is 0 Å². The van der Waals surface area contributed by atoms with Gasteiger partial charge in [0.25, 0.3) is 0 Å². The number of rotatable bonds is 6. The van der Waals surface area contributed by atoms with Crippen molar-refractivity contribution >= 4 is 23.6 Å². The Kier molecular flexibility index (Phi) is 6.80. The van der Waals surface area contributed by atoms with Crippen molar-refractivity contribution < 1.29 is 9.53 Å². The molecule has 7 nitrogen and oxygen atoms in total. The van der Waals surface area contributed by atoms with Gasteiger partial charge in [0.1, 0.15) is 0 Å². The molecule has 3 atom stereocenters. The third kappa shape index (κ3) is 4.52. The summed E-state index contributed by atoms with van der Waals surface area (Å²) in [5, 5.41) is 12.7. The SMILES string of the molecule is CCn1c(SCC(=O)N[C@H]2CCC[C@@H](C)[C@@H]2C)nnc1N1CCOCC1. The van der Waals surface area contributed by atoms with Gasteiger partial charge in [0.05, 0.1) is 19.0 Å². The third-order valence-corrected chi connectivity index (χ3v) is 6.66. The Bertz CT molecular complexity index is 602. The van der Waals surface area contributed by atoms with Gasteiger partial charge < -0.3 is 15.0 Å². The van der Waals surface area contributed by atoms with E-state index in [1.807, 2.05) is 0 Å². The number of anilines is 1. The van der Waals surface area contributed by atoms with Gasteiger partial charge in [-0.25, -0.2) is 0 Å². The van der Waals surface area contributed by atoms with E-state index in [0.29, 0.717) is 23.6 Å². The smallest absolute Gasteiger partial charge is 0.230 e. The van der Waals surface area contributed by atoms with Gasteiger partial charge in [0.15, 0.2) is 5.16 Å². The predicted molar refractivity (Wildman–Crippen MR) is 104 cm³/mol. The van der Waals surface area contributed by atoms with E-state index in [0.717, 1.165) is 50.4 Å². The van der Waals surface area contributed by atoms with Crippen LogP contribution in [0.1, 0.15) is 40.0 Å². The molecule has 1 aromatic heterocycles. The van der Waals surface area contributed by atoms with Gasteiger partial charge in [-0.2, -0.15) is 0 Å². The summed E-state index contributed by atoms with van der Waals surface area (Å²) in [5.74, 6) is 2.60. The van der Waals surface area contributed by atoms with E-state index in [2.05, 4.69) is 45.8 Å². The Hall–Kier alpha value is -1.28. The van der Waals surface area contributed by atoms with Crippen LogP contribution in [0.15, 0.2) is 5.16 Å². The molecule has 3 rings (SSSR count). The number of amides is 1. The average molecular weight is 382 g/mol. The molecule has 1 N–H and O–H groups in total. The van der Waals surface area contributed by atoms with Gasteiger partial charge in [-0.05, 0) is 25.2 Å². The molecule has 26 heavy (non-hydrogen) atoms. The number of hydrogen-bond donors (Lipinski definition) is 1. The highest BCUT2D eigenvalue weighted by atomic mass is 32.2. The third-order valence-electron chi connectivity index (χ3n) is 5.69. The number of carbonyl (C=O) groups is 1. The number of aromatic nitrogens is 3. The molecule has 1 aliphatic carbocycles. The minimum Gasteiger partial charge on any atom is -0.378 e. The van der Waals surface area contributed by atoms with Crippen molar-refractivity contribution in [2.75, 3.05) is 37.0 Å². The van der Waals surface area contributed by atoms with Gasteiger partial charge >= 0.3 is 0 Å². The van der Waals surface area contributed by atoms with E-state index in [4.69, 9.17) is 4.74 Å². The monoisotopic (exact) mass is 381 g/mol. The number of carbonyl (C=O) groups excluding carboxylic acids is 1. The van der Waals surface area contributed by atoms with Crippen LogP contribution in [0.25, 0.3) is 0 Å². The number of nitrogens with zero attached hydrogens (tertiary/aromatic N) is 4. The molecular formula is C18H31N5O2S. The van der Waals surface area contributed by atoms with Crippen LogP contribution in [-0.2, 0) is 16.1 Å². The van der Waals surface area contributed by atoms with Crippen LogP contribution in [0.4, 0.5) is 5.95 Å². The first-order valence-electron chi connectivity index (χ1n) is 9.78. The molecule has 1 amide bonds. The standard InChI is InChI=1S/C18H31N5O2S/c1-4-23-17(22-8-10-25-11-9-22)20-21-18(23)26-12-16(24)19-15-7-5-6-13(2)14(15)3/h13-15H,4-12H2,1-3H3,(H,19,24)/t13-,14+,15+/m1/s1. The molecule has 1 saturated heterocycles. The summed E-state index contributed by atoms with van der Waals surface area (Å²) in [6.07, 6.45) is 3.57. The lowest BCUT2D eigenvalue weighted by atomic mass is 9.78. The maximum Gasteiger partial charge on any atom is 0.230 e. The summed E-state index contributed by atoms with van der Waals surface area (Å²) in [5.41, 5.74) is 0. The van der Waals surface area contributed by atoms with Crippen LogP contribution in [-0.4, -0.2) is 58.8 Å². The minimum atomic E-state index is 0.0968. The van der Waals surface area contributed by atoms with Crippen LogP contribution in [0.2, 0.25) is 0 Å². The molecule has 1 aromatic rings. The first-order valence-corrected chi connectivity index (χ1v) is 10.8. The Morgan fingerprint density at radius 3 is 2.77 bits per heavy atom. The highest BCUT2D eigenvalue weighted by Crippen LogP contribution is 2.29. The molecule has 0 bridgehead atoms. The average Bonchev–Trinajstić information content (AvgIpc) is 3.07. The fourth-order valence-electron chi connectivity index (χ4n) is 3.83. The number of ether oxygens (including phenoxy) is 1. The first-order chi connectivity index (χ1) is 12.6. The summed E-state index contributed by atoms with van der Waals surface area (Å²) >= 11 is 1.47. The Morgan fingerprint density at radius 1 is 1.27 bits per heavy atom. The van der Waals surface area contributed by atoms with E-state index in [1.165, 1.54) is 24.6 Å². The van der Waals surface area contributed by atoms with Crippen molar-refractivity contribution in [2.24, 2.45) is 11.8 Å². The fraction of sp³-hybridized carbons (Fsp3) is 0.833. The molecule has 0 radical (unpaired) electrons. The van der Waals surface area contributed by atoms with Crippen LogP contribution in [0.5, 0.6) is 0 Å². The van der Waals surface area contributed by atoms with Crippen molar-refractivity contribution in [1.82, 2.24) is 20.1 Å². The molecule has 2 heterocycles. The van der Waals surface area contributed by atoms with Crippen LogP contribution >= 0.6 is 11.8 Å². The zero-order valence-corrected chi connectivity index (χ0v) is 16.9. The first kappa shape index (κ1) is 19.5. The summed E-state index contributed by atoms with van der Waals surface area (Å²) in [4.78, 5) is 14.6. The topological polar surface area (TPSA) is 72.3 Å². The van der Waals surface area contributed by atoms with Gasteiger partial charge in [0, 0.05) is 25.7 Å². The Labute approximate surface area is 160 Å². The lowest BCUT2D eigenvalue weighted by molar-refractivity contribution is -0.120. The second-order valence-electron chi connectivity index (χ2n) is 7.36.